The van der Waals surface area contributed by atoms with Crippen molar-refractivity contribution in [1.29, 1.82) is 0 Å². The molecule has 4 nitrogen and oxygen atoms in total. The predicted octanol–water partition coefficient (Wildman–Crippen LogP) is -0.277. The minimum atomic E-state index is -0.148. The lowest BCUT2D eigenvalue weighted by Gasteiger charge is -2.25. The molecule has 0 bridgehead atoms. The summed E-state index contributed by atoms with van der Waals surface area (Å²) in [5.74, 6) is 0. The van der Waals surface area contributed by atoms with Crippen LogP contribution in [0.15, 0.2) is 0 Å². The first-order chi connectivity index (χ1) is 5.43. The summed E-state index contributed by atoms with van der Waals surface area (Å²) >= 11 is 0. The fourth-order valence-electron chi connectivity index (χ4n) is 0.983. The molecule has 1 aliphatic heterocycles. The van der Waals surface area contributed by atoms with Gasteiger partial charge in [0.15, 0.2) is 0 Å². The first-order valence-electron chi connectivity index (χ1n) is 3.89. The molecule has 0 unspecified atom stereocenters. The normalized spacial score (nSPS) is 20.5. The molecule has 0 aliphatic carbocycles. The van der Waals surface area contributed by atoms with Crippen molar-refractivity contribution in [2.45, 2.75) is 0 Å². The highest BCUT2D eigenvalue weighted by Crippen LogP contribution is 1.95. The summed E-state index contributed by atoms with van der Waals surface area (Å²) in [7, 11) is 0. The molecule has 4 heteroatoms. The van der Waals surface area contributed by atoms with Gasteiger partial charge < -0.3 is 9.47 Å². The van der Waals surface area contributed by atoms with E-state index in [1.165, 1.54) is 0 Å². The van der Waals surface area contributed by atoms with E-state index in [0.717, 1.165) is 26.3 Å². The van der Waals surface area contributed by atoms with Gasteiger partial charge in [0.05, 0.1) is 26.6 Å². The van der Waals surface area contributed by atoms with Crippen LogP contribution in [-0.4, -0.2) is 51.1 Å². The molecule has 0 atom stereocenters. The molecule has 0 saturated carbocycles. The van der Waals surface area contributed by atoms with Crippen LogP contribution in [0.3, 0.4) is 0 Å². The highest BCUT2D eigenvalue weighted by atomic mass is 16.5. The largest absolute Gasteiger partial charge is 0.379 e. The van der Waals surface area contributed by atoms with Crippen LogP contribution in [0.1, 0.15) is 0 Å². The van der Waals surface area contributed by atoms with Gasteiger partial charge in [0.2, 0.25) is 0 Å². The number of hydrogen-bond acceptors (Lipinski definition) is 3. The van der Waals surface area contributed by atoms with Gasteiger partial charge in [0.25, 0.3) is 0 Å². The Bertz CT molecular complexity index is 93.7. The second-order valence-corrected chi connectivity index (χ2v) is 2.47. The Morgan fingerprint density at radius 3 is 2.73 bits per heavy atom. The summed E-state index contributed by atoms with van der Waals surface area (Å²) < 4.78 is 10.2. The van der Waals surface area contributed by atoms with Crippen LogP contribution in [-0.2, 0) is 14.6 Å². The second-order valence-electron chi connectivity index (χ2n) is 2.47. The molecule has 1 saturated heterocycles. The van der Waals surface area contributed by atoms with Crippen LogP contribution in [0, 0.1) is 0 Å². The number of rotatable bonds is 4. The van der Waals surface area contributed by atoms with E-state index in [1.54, 1.807) is 0 Å². The number of morpholine rings is 1. The van der Waals surface area contributed by atoms with Crippen molar-refractivity contribution in [1.82, 2.24) is 4.90 Å². The number of ether oxygens (including phenoxy) is 2. The zero-order valence-corrected chi connectivity index (χ0v) is 6.62. The average Bonchev–Trinajstić information content (AvgIpc) is 2.07. The third kappa shape index (κ3) is 3.67. The van der Waals surface area contributed by atoms with Gasteiger partial charge in [0.1, 0.15) is 6.61 Å². The second kappa shape index (κ2) is 5.49. The highest BCUT2D eigenvalue weighted by molar-refractivity contribution is 4.56. The molecule has 0 spiro atoms. The quantitative estimate of drug-likeness (QED) is 0.531. The third-order valence-electron chi connectivity index (χ3n) is 1.61. The van der Waals surface area contributed by atoms with Crippen LogP contribution in [0.2, 0.25) is 0 Å². The summed E-state index contributed by atoms with van der Waals surface area (Å²) in [5.41, 5.74) is 0. The Labute approximate surface area is 66.7 Å². The van der Waals surface area contributed by atoms with Crippen LogP contribution >= 0.6 is 0 Å². The summed E-state index contributed by atoms with van der Waals surface area (Å²) in [5, 5.41) is 10.0. The van der Waals surface area contributed by atoms with E-state index in [-0.39, 0.29) is 6.61 Å². The molecular formula is C7H14NO3. The summed E-state index contributed by atoms with van der Waals surface area (Å²) in [4.78, 5) is 2.14. The maximum atomic E-state index is 10.0. The Morgan fingerprint density at radius 1 is 1.36 bits per heavy atom. The zero-order valence-electron chi connectivity index (χ0n) is 6.62. The Balaban J connectivity index is 1.96. The van der Waals surface area contributed by atoms with E-state index in [2.05, 4.69) is 4.90 Å². The van der Waals surface area contributed by atoms with Gasteiger partial charge in [-0.1, -0.05) is 0 Å². The van der Waals surface area contributed by atoms with E-state index < -0.39 is 0 Å². The van der Waals surface area contributed by atoms with E-state index >= 15 is 0 Å². The maximum absolute atomic E-state index is 10.0. The Morgan fingerprint density at radius 2 is 2.09 bits per heavy atom. The lowest BCUT2D eigenvalue weighted by Crippen LogP contribution is -2.37. The van der Waals surface area contributed by atoms with Crippen molar-refractivity contribution in [2.75, 3.05) is 46.2 Å². The van der Waals surface area contributed by atoms with Crippen molar-refractivity contribution in [3.63, 3.8) is 0 Å². The minimum absolute atomic E-state index is 0.148. The molecule has 1 rings (SSSR count). The predicted molar refractivity (Wildman–Crippen MR) is 38.8 cm³/mol. The Kier molecular flexibility index (Phi) is 4.45. The maximum Gasteiger partial charge on any atom is 0.106 e. The smallest absolute Gasteiger partial charge is 0.106 e. The molecule has 1 heterocycles. The molecular weight excluding hydrogens is 146 g/mol. The van der Waals surface area contributed by atoms with E-state index in [4.69, 9.17) is 9.47 Å². The average molecular weight is 160 g/mol. The number of nitrogens with zero attached hydrogens (tertiary/aromatic N) is 1. The van der Waals surface area contributed by atoms with Gasteiger partial charge in [-0.2, -0.15) is 0 Å². The van der Waals surface area contributed by atoms with Crippen molar-refractivity contribution >= 4 is 0 Å². The molecule has 0 aromatic rings. The monoisotopic (exact) mass is 160 g/mol. The molecule has 11 heavy (non-hydrogen) atoms. The zero-order chi connectivity index (χ0) is 7.94. The molecule has 1 radical (unpaired) electrons. The van der Waals surface area contributed by atoms with E-state index in [0.29, 0.717) is 13.3 Å². The van der Waals surface area contributed by atoms with Gasteiger partial charge in [-0.05, 0) is 0 Å². The molecule has 0 N–H and O–H groups in total. The first kappa shape index (κ1) is 8.93. The van der Waals surface area contributed by atoms with Crippen LogP contribution in [0.5, 0.6) is 0 Å². The lowest BCUT2D eigenvalue weighted by molar-refractivity contribution is -0.0442. The van der Waals surface area contributed by atoms with Gasteiger partial charge in [-0.15, -0.1) is 0 Å². The fourth-order valence-corrected chi connectivity index (χ4v) is 0.983. The van der Waals surface area contributed by atoms with Crippen LogP contribution in [0.25, 0.3) is 0 Å². The topological polar surface area (TPSA) is 41.6 Å². The van der Waals surface area contributed by atoms with Crippen molar-refractivity contribution in [3.05, 3.63) is 0 Å². The number of hydrogen-bond donors (Lipinski definition) is 0. The molecule has 65 valence electrons. The Hall–Kier alpha value is -0.160. The van der Waals surface area contributed by atoms with Crippen LogP contribution in [0.4, 0.5) is 0 Å². The van der Waals surface area contributed by atoms with E-state index in [9.17, 15) is 5.11 Å². The van der Waals surface area contributed by atoms with Crippen molar-refractivity contribution in [3.8, 4) is 0 Å². The van der Waals surface area contributed by atoms with Crippen molar-refractivity contribution in [2.24, 2.45) is 0 Å². The molecule has 0 amide bonds. The lowest BCUT2D eigenvalue weighted by atomic mass is 10.5. The first-order valence-corrected chi connectivity index (χ1v) is 3.89. The van der Waals surface area contributed by atoms with Gasteiger partial charge in [-0.25, -0.2) is 5.11 Å². The van der Waals surface area contributed by atoms with Crippen molar-refractivity contribution < 1.29 is 14.6 Å². The molecule has 1 aliphatic rings. The van der Waals surface area contributed by atoms with Gasteiger partial charge >= 0.3 is 0 Å². The van der Waals surface area contributed by atoms with E-state index in [1.807, 2.05) is 0 Å². The summed E-state index contributed by atoms with van der Waals surface area (Å²) in [6, 6.07) is 0. The standard InChI is InChI=1S/C7H14NO3/c9-3-6-11-7-8-1-4-10-5-2-8/h1-7H2. The summed E-state index contributed by atoms with van der Waals surface area (Å²) in [6.45, 7) is 4.13. The highest BCUT2D eigenvalue weighted by Gasteiger charge is 2.08. The molecule has 1 fully saturated rings. The van der Waals surface area contributed by atoms with Crippen LogP contribution < -0.4 is 0 Å². The summed E-state index contributed by atoms with van der Waals surface area (Å²) in [6.07, 6.45) is 0. The third-order valence-corrected chi connectivity index (χ3v) is 1.61. The minimum Gasteiger partial charge on any atom is -0.379 e. The van der Waals surface area contributed by atoms with Gasteiger partial charge in [0, 0.05) is 13.1 Å². The van der Waals surface area contributed by atoms with Gasteiger partial charge in [-0.3, -0.25) is 4.90 Å². The molecule has 0 aromatic carbocycles. The molecule has 0 aromatic heterocycles. The SMILES string of the molecule is [O]CCOCN1CCOCC1. The fraction of sp³-hybridized carbons (Fsp3) is 1.00.